The van der Waals surface area contributed by atoms with Crippen molar-refractivity contribution in [2.24, 2.45) is 5.84 Å². The average Bonchev–Trinajstić information content (AvgIpc) is 2.78. The van der Waals surface area contributed by atoms with Gasteiger partial charge in [-0.2, -0.15) is 0 Å². The lowest BCUT2D eigenvalue weighted by Gasteiger charge is -2.08. The molecule has 2 aromatic rings. The summed E-state index contributed by atoms with van der Waals surface area (Å²) in [6.45, 7) is 1.70. The number of aryl methyl sites for hydroxylation is 1. The van der Waals surface area contributed by atoms with Crippen molar-refractivity contribution in [1.29, 1.82) is 0 Å². The number of hydrogen-bond acceptors (Lipinski definition) is 4. The number of amides is 1. The van der Waals surface area contributed by atoms with Crippen LogP contribution in [0.1, 0.15) is 21.9 Å². The molecule has 0 atom stereocenters. The molecule has 0 saturated heterocycles. The Labute approximate surface area is 135 Å². The molecule has 0 unspecified atom stereocenters. The molecule has 1 heterocycles. The van der Waals surface area contributed by atoms with E-state index >= 15 is 0 Å². The van der Waals surface area contributed by atoms with E-state index in [1.165, 1.54) is 18.2 Å². The normalized spacial score (nSPS) is 10.5. The first-order chi connectivity index (χ1) is 9.92. The van der Waals surface area contributed by atoms with Gasteiger partial charge in [-0.05, 0) is 25.1 Å². The number of hydrazine groups is 1. The number of benzene rings is 1. The zero-order valence-corrected chi connectivity index (χ0v) is 13.1. The fourth-order valence-electron chi connectivity index (χ4n) is 1.73. The molecule has 1 aromatic carbocycles. The Hall–Kier alpha value is -1.40. The zero-order chi connectivity index (χ0) is 15.6. The molecule has 3 N–H and O–H groups in total. The highest BCUT2D eigenvalue weighted by molar-refractivity contribution is 6.40. The van der Waals surface area contributed by atoms with Crippen molar-refractivity contribution in [3.8, 4) is 5.75 Å². The van der Waals surface area contributed by atoms with Crippen LogP contribution in [0.25, 0.3) is 0 Å². The van der Waals surface area contributed by atoms with Gasteiger partial charge < -0.3 is 9.15 Å². The van der Waals surface area contributed by atoms with Crippen LogP contribution in [0.5, 0.6) is 5.75 Å². The van der Waals surface area contributed by atoms with Crippen LogP contribution in [0.4, 0.5) is 0 Å². The molecule has 5 nitrogen and oxygen atoms in total. The van der Waals surface area contributed by atoms with Crippen molar-refractivity contribution in [2.75, 3.05) is 0 Å². The SMILES string of the molecule is Cc1oc(COc2c(Cl)cc(Cl)cc2Cl)cc1C(=O)NN. The lowest BCUT2D eigenvalue weighted by molar-refractivity contribution is 0.0952. The highest BCUT2D eigenvalue weighted by Gasteiger charge is 2.15. The second kappa shape index (κ2) is 6.58. The largest absolute Gasteiger partial charge is 0.483 e. The molecule has 0 aliphatic rings. The topological polar surface area (TPSA) is 77.5 Å². The number of carbonyl (C=O) groups excluding carboxylic acids is 1. The van der Waals surface area contributed by atoms with Gasteiger partial charge in [0.25, 0.3) is 5.91 Å². The molecule has 112 valence electrons. The second-order valence-corrected chi connectivity index (χ2v) is 5.39. The monoisotopic (exact) mass is 348 g/mol. The van der Waals surface area contributed by atoms with E-state index in [-0.39, 0.29) is 16.7 Å². The standard InChI is InChI=1S/C13H11Cl3N2O3/c1-6-9(13(19)18-17)4-8(21-6)5-20-12-10(15)2-7(14)3-11(12)16/h2-4H,5,17H2,1H3,(H,18,19). The first kappa shape index (κ1) is 16.0. The van der Waals surface area contributed by atoms with Crippen molar-refractivity contribution in [3.63, 3.8) is 0 Å². The molecule has 0 radical (unpaired) electrons. The van der Waals surface area contributed by atoms with Gasteiger partial charge in [0.2, 0.25) is 0 Å². The number of rotatable bonds is 4. The number of furan rings is 1. The fourth-order valence-corrected chi connectivity index (χ4v) is 2.65. The smallest absolute Gasteiger partial charge is 0.268 e. The Kier molecular flexibility index (Phi) is 5.00. The third kappa shape index (κ3) is 3.63. The van der Waals surface area contributed by atoms with E-state index in [1.807, 2.05) is 5.43 Å². The maximum absolute atomic E-state index is 11.5. The second-order valence-electron chi connectivity index (χ2n) is 4.14. The summed E-state index contributed by atoms with van der Waals surface area (Å²) >= 11 is 17.8. The zero-order valence-electron chi connectivity index (χ0n) is 10.9. The van der Waals surface area contributed by atoms with Crippen LogP contribution in [0.15, 0.2) is 22.6 Å². The summed E-state index contributed by atoms with van der Waals surface area (Å²) in [5.41, 5.74) is 2.37. The van der Waals surface area contributed by atoms with Crippen LogP contribution < -0.4 is 16.0 Å². The van der Waals surface area contributed by atoms with Gasteiger partial charge in [-0.1, -0.05) is 34.8 Å². The van der Waals surface area contributed by atoms with Crippen molar-refractivity contribution in [1.82, 2.24) is 5.43 Å². The van der Waals surface area contributed by atoms with Gasteiger partial charge in [0, 0.05) is 5.02 Å². The quantitative estimate of drug-likeness (QED) is 0.501. The van der Waals surface area contributed by atoms with Gasteiger partial charge in [0.1, 0.15) is 18.1 Å². The molecule has 1 aromatic heterocycles. The maximum Gasteiger partial charge on any atom is 0.268 e. The van der Waals surface area contributed by atoms with Crippen LogP contribution in [0.2, 0.25) is 15.1 Å². The molecular formula is C13H11Cl3N2O3. The van der Waals surface area contributed by atoms with E-state index in [2.05, 4.69) is 0 Å². The number of halogens is 3. The molecule has 1 amide bonds. The van der Waals surface area contributed by atoms with E-state index in [1.54, 1.807) is 6.92 Å². The van der Waals surface area contributed by atoms with Crippen LogP contribution in [0.3, 0.4) is 0 Å². The minimum atomic E-state index is -0.440. The molecule has 0 spiro atoms. The number of nitrogens with two attached hydrogens (primary N) is 1. The predicted octanol–water partition coefficient (Wildman–Crippen LogP) is 3.73. The molecule has 8 heteroatoms. The summed E-state index contributed by atoms with van der Waals surface area (Å²) in [6.07, 6.45) is 0. The Bertz CT molecular complexity index is 662. The van der Waals surface area contributed by atoms with Crippen LogP contribution in [0, 0.1) is 6.92 Å². The van der Waals surface area contributed by atoms with Crippen LogP contribution in [-0.2, 0) is 6.61 Å². The van der Waals surface area contributed by atoms with E-state index in [9.17, 15) is 4.79 Å². The van der Waals surface area contributed by atoms with Gasteiger partial charge in [-0.25, -0.2) is 5.84 Å². The molecular weight excluding hydrogens is 339 g/mol. The van der Waals surface area contributed by atoms with Gasteiger partial charge >= 0.3 is 0 Å². The van der Waals surface area contributed by atoms with Crippen LogP contribution in [-0.4, -0.2) is 5.91 Å². The fraction of sp³-hybridized carbons (Fsp3) is 0.154. The third-order valence-corrected chi connectivity index (χ3v) is 3.45. The molecule has 21 heavy (non-hydrogen) atoms. The number of ether oxygens (including phenoxy) is 1. The van der Waals surface area contributed by atoms with Gasteiger partial charge in [0.15, 0.2) is 5.75 Å². The van der Waals surface area contributed by atoms with E-state index in [0.717, 1.165) is 0 Å². The highest BCUT2D eigenvalue weighted by atomic mass is 35.5. The minimum Gasteiger partial charge on any atom is -0.483 e. The highest BCUT2D eigenvalue weighted by Crippen LogP contribution is 2.36. The molecule has 0 saturated carbocycles. The van der Waals surface area contributed by atoms with E-state index in [0.29, 0.717) is 27.9 Å². The molecule has 0 bridgehead atoms. The van der Waals surface area contributed by atoms with Gasteiger partial charge in [-0.3, -0.25) is 10.2 Å². The number of carbonyl (C=O) groups is 1. The predicted molar refractivity (Wildman–Crippen MR) is 80.9 cm³/mol. The summed E-state index contributed by atoms with van der Waals surface area (Å²) in [7, 11) is 0. The molecule has 2 rings (SSSR count). The van der Waals surface area contributed by atoms with Crippen molar-refractivity contribution < 1.29 is 13.9 Å². The average molecular weight is 350 g/mol. The van der Waals surface area contributed by atoms with Crippen LogP contribution >= 0.6 is 34.8 Å². The summed E-state index contributed by atoms with van der Waals surface area (Å²) < 4.78 is 10.9. The molecule has 0 fully saturated rings. The number of hydrogen-bond donors (Lipinski definition) is 2. The first-order valence-electron chi connectivity index (χ1n) is 5.80. The Balaban J connectivity index is 2.16. The van der Waals surface area contributed by atoms with Crippen molar-refractivity contribution in [2.45, 2.75) is 13.5 Å². The lowest BCUT2D eigenvalue weighted by Crippen LogP contribution is -2.30. The Morgan fingerprint density at radius 1 is 1.29 bits per heavy atom. The molecule has 0 aliphatic heterocycles. The van der Waals surface area contributed by atoms with Gasteiger partial charge in [0.05, 0.1) is 15.6 Å². The number of nitrogen functional groups attached to an aromatic ring is 1. The Morgan fingerprint density at radius 2 is 1.90 bits per heavy atom. The van der Waals surface area contributed by atoms with Gasteiger partial charge in [-0.15, -0.1) is 0 Å². The summed E-state index contributed by atoms with van der Waals surface area (Å²) in [6, 6.07) is 4.57. The summed E-state index contributed by atoms with van der Waals surface area (Å²) in [5.74, 6) is 5.81. The summed E-state index contributed by atoms with van der Waals surface area (Å²) in [5, 5.41) is 0.986. The number of nitrogens with one attached hydrogen (secondary N) is 1. The lowest BCUT2D eigenvalue weighted by atomic mass is 10.2. The van der Waals surface area contributed by atoms with Crippen molar-refractivity contribution >= 4 is 40.7 Å². The minimum absolute atomic E-state index is 0.0553. The van der Waals surface area contributed by atoms with Crippen molar-refractivity contribution in [3.05, 3.63) is 50.4 Å². The van der Waals surface area contributed by atoms with E-state index in [4.69, 9.17) is 49.8 Å². The first-order valence-corrected chi connectivity index (χ1v) is 6.93. The maximum atomic E-state index is 11.5. The summed E-state index contributed by atoms with van der Waals surface area (Å²) in [4.78, 5) is 11.5. The molecule has 0 aliphatic carbocycles. The van der Waals surface area contributed by atoms with E-state index < -0.39 is 5.91 Å². The Morgan fingerprint density at radius 3 is 2.48 bits per heavy atom. The third-order valence-electron chi connectivity index (χ3n) is 2.67.